The molecule has 0 heterocycles. The van der Waals surface area contributed by atoms with Crippen molar-refractivity contribution in [2.24, 2.45) is 5.73 Å². The topological polar surface area (TPSA) is 64.3 Å². The minimum atomic E-state index is -0.715. The van der Waals surface area contributed by atoms with E-state index < -0.39 is 11.7 Å². The SMILES string of the molecule is [CH2+]C(C)(C)OC(=O)NCc1ccc(CN)cc1. The van der Waals surface area contributed by atoms with E-state index in [1.165, 1.54) is 0 Å². The van der Waals surface area contributed by atoms with Crippen LogP contribution < -0.4 is 11.1 Å². The Hall–Kier alpha value is -1.68. The van der Waals surface area contributed by atoms with Gasteiger partial charge in [-0.3, -0.25) is 0 Å². The summed E-state index contributed by atoms with van der Waals surface area (Å²) in [5.41, 5.74) is 6.85. The van der Waals surface area contributed by atoms with Crippen molar-refractivity contribution in [3.8, 4) is 0 Å². The molecule has 1 amide bonds. The Labute approximate surface area is 102 Å². The third-order valence-corrected chi connectivity index (χ3v) is 2.06. The van der Waals surface area contributed by atoms with Gasteiger partial charge in [-0.15, -0.1) is 0 Å². The first kappa shape index (κ1) is 13.4. The van der Waals surface area contributed by atoms with Gasteiger partial charge in [0.25, 0.3) is 0 Å². The van der Waals surface area contributed by atoms with Crippen LogP contribution in [-0.2, 0) is 17.8 Å². The molecule has 1 rings (SSSR count). The molecule has 0 atom stereocenters. The monoisotopic (exact) mass is 235 g/mol. The number of amides is 1. The number of hydrogen-bond acceptors (Lipinski definition) is 3. The van der Waals surface area contributed by atoms with Gasteiger partial charge in [0, 0.05) is 26.9 Å². The van der Waals surface area contributed by atoms with E-state index in [4.69, 9.17) is 10.5 Å². The molecule has 0 radical (unpaired) electrons. The summed E-state index contributed by atoms with van der Waals surface area (Å²) >= 11 is 0. The Morgan fingerprint density at radius 2 is 1.88 bits per heavy atom. The van der Waals surface area contributed by atoms with Gasteiger partial charge in [0.2, 0.25) is 5.60 Å². The number of carbonyl (C=O) groups excluding carboxylic acids is 1. The smallest absolute Gasteiger partial charge is 0.403 e. The summed E-state index contributed by atoms with van der Waals surface area (Å²) in [5.74, 6) is 0. The fourth-order valence-corrected chi connectivity index (χ4v) is 1.25. The molecule has 0 aliphatic carbocycles. The second kappa shape index (κ2) is 5.59. The van der Waals surface area contributed by atoms with Crippen LogP contribution in [0.1, 0.15) is 25.0 Å². The average molecular weight is 235 g/mol. The maximum atomic E-state index is 11.4. The standard InChI is InChI=1S/C13H18N2O2/c1-13(2,3)17-12(16)15-9-11-6-4-10(8-14)5-7-11/h4-7H,1,8-9,14H2,2-3H3/p+1. The Kier molecular flexibility index (Phi) is 4.40. The summed E-state index contributed by atoms with van der Waals surface area (Å²) in [5, 5.41) is 2.66. The van der Waals surface area contributed by atoms with Crippen LogP contribution in [0.25, 0.3) is 0 Å². The first-order chi connectivity index (χ1) is 7.90. The van der Waals surface area contributed by atoms with Crippen LogP contribution in [0.15, 0.2) is 24.3 Å². The Morgan fingerprint density at radius 1 is 1.35 bits per heavy atom. The van der Waals surface area contributed by atoms with Crippen molar-refractivity contribution >= 4 is 6.09 Å². The van der Waals surface area contributed by atoms with Crippen molar-refractivity contribution in [2.45, 2.75) is 32.5 Å². The van der Waals surface area contributed by atoms with Crippen LogP contribution in [0.4, 0.5) is 4.79 Å². The number of hydrogen-bond donors (Lipinski definition) is 2. The van der Waals surface area contributed by atoms with Gasteiger partial charge in [-0.05, 0) is 11.1 Å². The van der Waals surface area contributed by atoms with Crippen LogP contribution >= 0.6 is 0 Å². The molecule has 4 heteroatoms. The summed E-state index contributed by atoms with van der Waals surface area (Å²) < 4.78 is 5.02. The summed E-state index contributed by atoms with van der Waals surface area (Å²) in [7, 11) is 0. The van der Waals surface area contributed by atoms with Crippen molar-refractivity contribution in [1.82, 2.24) is 5.32 Å². The maximum Gasteiger partial charge on any atom is 0.411 e. The van der Waals surface area contributed by atoms with E-state index in [1.807, 2.05) is 24.3 Å². The molecule has 0 spiro atoms. The zero-order valence-corrected chi connectivity index (χ0v) is 10.3. The Balaban J connectivity index is 2.42. The van der Waals surface area contributed by atoms with Crippen LogP contribution in [-0.4, -0.2) is 11.7 Å². The van der Waals surface area contributed by atoms with Crippen molar-refractivity contribution in [3.63, 3.8) is 0 Å². The van der Waals surface area contributed by atoms with E-state index in [0.29, 0.717) is 13.1 Å². The number of rotatable bonds is 4. The highest BCUT2D eigenvalue weighted by atomic mass is 16.6. The average Bonchev–Trinajstić information content (AvgIpc) is 2.25. The maximum absolute atomic E-state index is 11.4. The highest BCUT2D eigenvalue weighted by Crippen LogP contribution is 2.07. The summed E-state index contributed by atoms with van der Waals surface area (Å²) in [4.78, 5) is 11.4. The van der Waals surface area contributed by atoms with Gasteiger partial charge in [-0.25, -0.2) is 4.79 Å². The number of benzene rings is 1. The second-order valence-electron chi connectivity index (χ2n) is 4.52. The molecule has 0 saturated carbocycles. The Bertz CT molecular complexity index is 366. The van der Waals surface area contributed by atoms with Crippen molar-refractivity contribution in [2.75, 3.05) is 0 Å². The molecule has 0 fully saturated rings. The first-order valence-corrected chi connectivity index (χ1v) is 5.51. The lowest BCUT2D eigenvalue weighted by Gasteiger charge is -2.13. The lowest BCUT2D eigenvalue weighted by molar-refractivity contribution is 0.0699. The van der Waals surface area contributed by atoms with Crippen molar-refractivity contribution < 1.29 is 9.53 Å². The van der Waals surface area contributed by atoms with Crippen LogP contribution in [0.2, 0.25) is 0 Å². The highest BCUT2D eigenvalue weighted by Gasteiger charge is 2.22. The molecule has 0 aliphatic heterocycles. The molecule has 1 aromatic carbocycles. The normalized spacial score (nSPS) is 11.0. The molecule has 0 saturated heterocycles. The molecule has 3 N–H and O–H groups in total. The molecule has 0 aromatic heterocycles. The van der Waals surface area contributed by atoms with E-state index in [0.717, 1.165) is 11.1 Å². The number of alkyl carbamates (subject to hydrolysis) is 1. The predicted molar refractivity (Wildman–Crippen MR) is 67.1 cm³/mol. The van der Waals surface area contributed by atoms with Gasteiger partial charge in [0.15, 0.2) is 0 Å². The molecule has 17 heavy (non-hydrogen) atoms. The van der Waals surface area contributed by atoms with Gasteiger partial charge < -0.3 is 15.8 Å². The third kappa shape index (κ3) is 5.26. The van der Waals surface area contributed by atoms with E-state index >= 15 is 0 Å². The number of ether oxygens (including phenoxy) is 1. The first-order valence-electron chi connectivity index (χ1n) is 5.51. The fourth-order valence-electron chi connectivity index (χ4n) is 1.25. The van der Waals surface area contributed by atoms with Crippen LogP contribution in [0.5, 0.6) is 0 Å². The molecule has 92 valence electrons. The van der Waals surface area contributed by atoms with Crippen molar-refractivity contribution in [3.05, 3.63) is 42.3 Å². The predicted octanol–water partition coefficient (Wildman–Crippen LogP) is 1.98. The molecular formula is C13H19N2O2+. The van der Waals surface area contributed by atoms with Crippen LogP contribution in [0, 0.1) is 6.92 Å². The number of nitrogens with one attached hydrogen (secondary N) is 1. The lowest BCUT2D eigenvalue weighted by Crippen LogP contribution is -2.32. The largest absolute Gasteiger partial charge is 0.411 e. The fraction of sp³-hybridized carbons (Fsp3) is 0.385. The quantitative estimate of drug-likeness (QED) is 0.784. The molecule has 1 aromatic rings. The van der Waals surface area contributed by atoms with Gasteiger partial charge in [0.1, 0.15) is 6.92 Å². The zero-order valence-electron chi connectivity index (χ0n) is 10.3. The summed E-state index contributed by atoms with van der Waals surface area (Å²) in [6, 6.07) is 7.73. The molecule has 4 nitrogen and oxygen atoms in total. The third-order valence-electron chi connectivity index (χ3n) is 2.06. The van der Waals surface area contributed by atoms with Gasteiger partial charge in [-0.1, -0.05) is 24.3 Å². The minimum absolute atomic E-state index is 0.430. The second-order valence-corrected chi connectivity index (χ2v) is 4.52. The van der Waals surface area contributed by atoms with E-state index in [9.17, 15) is 4.79 Å². The lowest BCUT2D eigenvalue weighted by atomic mass is 10.1. The Morgan fingerprint density at radius 3 is 2.35 bits per heavy atom. The van der Waals surface area contributed by atoms with E-state index in [1.54, 1.807) is 13.8 Å². The highest BCUT2D eigenvalue weighted by molar-refractivity contribution is 5.67. The van der Waals surface area contributed by atoms with E-state index in [-0.39, 0.29) is 0 Å². The minimum Gasteiger partial charge on any atom is -0.403 e. The zero-order chi connectivity index (χ0) is 12.9. The molecular weight excluding hydrogens is 216 g/mol. The van der Waals surface area contributed by atoms with Gasteiger partial charge >= 0.3 is 6.09 Å². The van der Waals surface area contributed by atoms with Crippen LogP contribution in [0.3, 0.4) is 0 Å². The summed E-state index contributed by atoms with van der Waals surface area (Å²) in [6.45, 7) is 8.09. The van der Waals surface area contributed by atoms with Gasteiger partial charge in [0.05, 0.1) is 0 Å². The van der Waals surface area contributed by atoms with E-state index in [2.05, 4.69) is 12.2 Å². The van der Waals surface area contributed by atoms with Crippen molar-refractivity contribution in [1.29, 1.82) is 0 Å². The van der Waals surface area contributed by atoms with Gasteiger partial charge in [-0.2, -0.15) is 0 Å². The molecule has 0 bridgehead atoms. The summed E-state index contributed by atoms with van der Waals surface area (Å²) in [6.07, 6.45) is -0.465. The number of carbonyl (C=O) groups is 1. The number of nitrogens with two attached hydrogens (primary N) is 1. The molecule has 0 unspecified atom stereocenters. The molecule has 0 aliphatic rings.